The number of urea groups is 1. The minimum atomic E-state index is -0.430. The van der Waals surface area contributed by atoms with Crippen LogP contribution in [-0.2, 0) is 4.79 Å². The summed E-state index contributed by atoms with van der Waals surface area (Å²) in [5.74, 6) is -0.0165. The Kier molecular flexibility index (Phi) is 5.36. The quantitative estimate of drug-likeness (QED) is 0.893. The molecule has 1 unspecified atom stereocenters. The van der Waals surface area contributed by atoms with Gasteiger partial charge in [-0.3, -0.25) is 4.79 Å². The van der Waals surface area contributed by atoms with Crippen LogP contribution in [0.1, 0.15) is 25.0 Å². The average Bonchev–Trinajstić information content (AvgIpc) is 2.49. The van der Waals surface area contributed by atoms with Crippen LogP contribution in [-0.4, -0.2) is 50.1 Å². The molecular formula is C18H28N4O2. The zero-order chi connectivity index (χ0) is 18.0. The fourth-order valence-electron chi connectivity index (χ4n) is 3.15. The molecule has 0 bridgehead atoms. The number of hydrogen-bond acceptors (Lipinski definition) is 3. The van der Waals surface area contributed by atoms with Gasteiger partial charge in [-0.2, -0.15) is 0 Å². The smallest absolute Gasteiger partial charge is 0.322 e. The van der Waals surface area contributed by atoms with Gasteiger partial charge in [-0.1, -0.05) is 13.8 Å². The molecule has 0 aromatic heterocycles. The van der Waals surface area contributed by atoms with E-state index in [1.807, 2.05) is 58.8 Å². The first-order chi connectivity index (χ1) is 11.2. The molecule has 1 aromatic rings. The molecule has 1 atom stereocenters. The number of anilines is 2. The molecule has 2 rings (SSSR count). The number of nitrogens with one attached hydrogen (secondary N) is 2. The Morgan fingerprint density at radius 2 is 1.88 bits per heavy atom. The number of amides is 3. The molecule has 132 valence electrons. The molecular weight excluding hydrogens is 304 g/mol. The molecule has 1 aliphatic rings. The van der Waals surface area contributed by atoms with E-state index in [4.69, 9.17) is 0 Å². The number of nitrogens with zero attached hydrogens (tertiary/aromatic N) is 2. The number of benzene rings is 1. The van der Waals surface area contributed by atoms with Gasteiger partial charge in [0, 0.05) is 38.6 Å². The first kappa shape index (κ1) is 18.1. The highest BCUT2D eigenvalue weighted by molar-refractivity contribution is 5.96. The van der Waals surface area contributed by atoms with Crippen molar-refractivity contribution in [3.8, 4) is 0 Å². The summed E-state index contributed by atoms with van der Waals surface area (Å²) in [7, 11) is 3.98. The van der Waals surface area contributed by atoms with Gasteiger partial charge in [-0.05, 0) is 43.0 Å². The lowest BCUT2D eigenvalue weighted by atomic mass is 10.00. The van der Waals surface area contributed by atoms with E-state index in [9.17, 15) is 9.59 Å². The maximum absolute atomic E-state index is 12.8. The van der Waals surface area contributed by atoms with Crippen LogP contribution in [0.25, 0.3) is 0 Å². The number of piperazine rings is 1. The van der Waals surface area contributed by atoms with Gasteiger partial charge < -0.3 is 20.4 Å². The van der Waals surface area contributed by atoms with E-state index in [1.165, 1.54) is 0 Å². The summed E-state index contributed by atoms with van der Waals surface area (Å²) in [5, 5.41) is 5.85. The Morgan fingerprint density at radius 3 is 2.38 bits per heavy atom. The highest BCUT2D eigenvalue weighted by Gasteiger charge is 2.35. The number of carbonyl (C=O) groups excluding carboxylic acids is 2. The molecule has 0 radical (unpaired) electrons. The third-order valence-electron chi connectivity index (χ3n) is 4.41. The lowest BCUT2D eigenvalue weighted by molar-refractivity contribution is -0.129. The van der Waals surface area contributed by atoms with E-state index in [2.05, 4.69) is 10.6 Å². The molecule has 6 heteroatoms. The Labute approximate surface area is 144 Å². The number of hydrogen-bond donors (Lipinski definition) is 2. The van der Waals surface area contributed by atoms with Crippen LogP contribution in [0.15, 0.2) is 12.1 Å². The Hall–Kier alpha value is -2.24. The lowest BCUT2D eigenvalue weighted by Gasteiger charge is -2.37. The van der Waals surface area contributed by atoms with E-state index in [0.29, 0.717) is 13.1 Å². The zero-order valence-corrected chi connectivity index (χ0v) is 15.4. The van der Waals surface area contributed by atoms with Crippen molar-refractivity contribution < 1.29 is 9.59 Å². The SMILES string of the molecule is Cc1cc(N(C)C)cc(C)c1NC(=O)N1CCNC(=O)C1C(C)C. The standard InChI is InChI=1S/C18H28N4O2/c1-11(2)16-17(23)19-7-8-22(16)18(24)20-15-12(3)9-14(21(5)6)10-13(15)4/h9-11,16H,7-8H2,1-6H3,(H,19,23)(H,20,24). The average molecular weight is 332 g/mol. The van der Waals surface area contributed by atoms with Gasteiger partial charge >= 0.3 is 6.03 Å². The molecule has 3 amide bonds. The van der Waals surface area contributed by atoms with Crippen molar-refractivity contribution in [1.82, 2.24) is 10.2 Å². The van der Waals surface area contributed by atoms with Crippen molar-refractivity contribution >= 4 is 23.3 Å². The number of rotatable bonds is 3. The van der Waals surface area contributed by atoms with Crippen LogP contribution in [0, 0.1) is 19.8 Å². The van der Waals surface area contributed by atoms with Crippen molar-refractivity contribution in [3.63, 3.8) is 0 Å². The van der Waals surface area contributed by atoms with E-state index in [-0.39, 0.29) is 17.9 Å². The number of carbonyl (C=O) groups is 2. The fraction of sp³-hybridized carbons (Fsp3) is 0.556. The molecule has 0 saturated carbocycles. The van der Waals surface area contributed by atoms with Crippen molar-refractivity contribution in [2.75, 3.05) is 37.4 Å². The van der Waals surface area contributed by atoms with Crippen LogP contribution < -0.4 is 15.5 Å². The monoisotopic (exact) mass is 332 g/mol. The maximum atomic E-state index is 12.8. The van der Waals surface area contributed by atoms with Gasteiger partial charge in [0.2, 0.25) is 5.91 Å². The van der Waals surface area contributed by atoms with Crippen LogP contribution in [0.5, 0.6) is 0 Å². The molecule has 1 heterocycles. The molecule has 0 spiro atoms. The third-order valence-corrected chi connectivity index (χ3v) is 4.41. The van der Waals surface area contributed by atoms with Crippen LogP contribution in [0.3, 0.4) is 0 Å². The largest absolute Gasteiger partial charge is 0.378 e. The van der Waals surface area contributed by atoms with Crippen molar-refractivity contribution in [1.29, 1.82) is 0 Å². The minimum Gasteiger partial charge on any atom is -0.378 e. The highest BCUT2D eigenvalue weighted by atomic mass is 16.2. The van der Waals surface area contributed by atoms with Crippen LogP contribution in [0.2, 0.25) is 0 Å². The number of aryl methyl sites for hydroxylation is 2. The summed E-state index contributed by atoms with van der Waals surface area (Å²) in [5.41, 5.74) is 3.93. The highest BCUT2D eigenvalue weighted by Crippen LogP contribution is 2.27. The summed E-state index contributed by atoms with van der Waals surface area (Å²) in [6.07, 6.45) is 0. The summed E-state index contributed by atoms with van der Waals surface area (Å²) < 4.78 is 0. The van der Waals surface area contributed by atoms with Gasteiger partial charge in [-0.25, -0.2) is 4.79 Å². The summed E-state index contributed by atoms with van der Waals surface area (Å²) in [4.78, 5) is 28.6. The Bertz CT molecular complexity index is 617. The predicted molar refractivity (Wildman–Crippen MR) is 97.6 cm³/mol. The molecule has 2 N–H and O–H groups in total. The second kappa shape index (κ2) is 7.11. The van der Waals surface area contributed by atoms with Crippen LogP contribution in [0.4, 0.5) is 16.2 Å². The van der Waals surface area contributed by atoms with E-state index in [1.54, 1.807) is 4.90 Å². The summed E-state index contributed by atoms with van der Waals surface area (Å²) >= 11 is 0. The van der Waals surface area contributed by atoms with E-state index < -0.39 is 6.04 Å². The second-order valence-corrected chi connectivity index (χ2v) is 6.95. The molecule has 1 saturated heterocycles. The van der Waals surface area contributed by atoms with Gasteiger partial charge in [0.1, 0.15) is 6.04 Å². The van der Waals surface area contributed by atoms with Crippen molar-refractivity contribution in [2.45, 2.75) is 33.7 Å². The van der Waals surface area contributed by atoms with Crippen molar-refractivity contribution in [3.05, 3.63) is 23.3 Å². The zero-order valence-electron chi connectivity index (χ0n) is 15.4. The first-order valence-corrected chi connectivity index (χ1v) is 8.36. The molecule has 0 aliphatic carbocycles. The molecule has 1 fully saturated rings. The normalized spacial score (nSPS) is 17.7. The Morgan fingerprint density at radius 1 is 1.29 bits per heavy atom. The lowest BCUT2D eigenvalue weighted by Crippen LogP contribution is -2.60. The van der Waals surface area contributed by atoms with Gasteiger partial charge in [-0.15, -0.1) is 0 Å². The first-order valence-electron chi connectivity index (χ1n) is 8.36. The summed E-state index contributed by atoms with van der Waals surface area (Å²) in [6, 6.07) is 3.45. The van der Waals surface area contributed by atoms with Crippen molar-refractivity contribution in [2.24, 2.45) is 5.92 Å². The topological polar surface area (TPSA) is 64.7 Å². The molecule has 6 nitrogen and oxygen atoms in total. The maximum Gasteiger partial charge on any atom is 0.322 e. The van der Waals surface area contributed by atoms with Gasteiger partial charge in [0.05, 0.1) is 0 Å². The molecule has 1 aromatic carbocycles. The molecule has 24 heavy (non-hydrogen) atoms. The minimum absolute atomic E-state index is 0.0642. The molecule has 1 aliphatic heterocycles. The fourth-order valence-corrected chi connectivity index (χ4v) is 3.15. The van der Waals surface area contributed by atoms with Gasteiger partial charge in [0.15, 0.2) is 0 Å². The second-order valence-electron chi connectivity index (χ2n) is 6.95. The summed E-state index contributed by atoms with van der Waals surface area (Å²) in [6.45, 7) is 8.90. The Balaban J connectivity index is 2.24. The predicted octanol–water partition coefficient (Wildman–Crippen LogP) is 2.36. The third kappa shape index (κ3) is 3.63. The van der Waals surface area contributed by atoms with Gasteiger partial charge in [0.25, 0.3) is 0 Å². The van der Waals surface area contributed by atoms with E-state index in [0.717, 1.165) is 22.5 Å². The van der Waals surface area contributed by atoms with Crippen LogP contribution >= 0.6 is 0 Å². The van der Waals surface area contributed by atoms with E-state index >= 15 is 0 Å².